The molecule has 0 saturated heterocycles. The lowest BCUT2D eigenvalue weighted by Crippen LogP contribution is -2.37. The van der Waals surface area contributed by atoms with Crippen molar-refractivity contribution in [3.8, 4) is 6.07 Å². The summed E-state index contributed by atoms with van der Waals surface area (Å²) in [4.78, 5) is 2.32. The molecule has 1 aliphatic rings. The SMILES string of the molecule is CC(CC#N)N1CCCc2cc(N)ccc21. The molecule has 2 rings (SSSR count). The van der Waals surface area contributed by atoms with Crippen molar-refractivity contribution in [2.75, 3.05) is 17.2 Å². The number of hydrogen-bond acceptors (Lipinski definition) is 3. The maximum Gasteiger partial charge on any atom is 0.0643 e. The largest absolute Gasteiger partial charge is 0.399 e. The summed E-state index contributed by atoms with van der Waals surface area (Å²) in [5.41, 5.74) is 9.19. The number of nitrogens with two attached hydrogens (primary N) is 1. The minimum absolute atomic E-state index is 0.285. The van der Waals surface area contributed by atoms with Crippen molar-refractivity contribution in [3.05, 3.63) is 23.8 Å². The molecule has 0 bridgehead atoms. The molecule has 3 nitrogen and oxygen atoms in total. The van der Waals surface area contributed by atoms with Gasteiger partial charge in [-0.25, -0.2) is 0 Å². The fourth-order valence-electron chi connectivity index (χ4n) is 2.35. The number of benzene rings is 1. The van der Waals surface area contributed by atoms with Crippen molar-refractivity contribution >= 4 is 11.4 Å². The molecule has 1 aromatic carbocycles. The van der Waals surface area contributed by atoms with Gasteiger partial charge < -0.3 is 10.6 Å². The average Bonchev–Trinajstić information content (AvgIpc) is 2.28. The standard InChI is InChI=1S/C13H17N3/c1-10(6-7-14)16-8-2-3-11-9-12(15)4-5-13(11)16/h4-5,9-10H,2-3,6,8,15H2,1H3. The molecule has 0 fully saturated rings. The Morgan fingerprint density at radius 1 is 1.56 bits per heavy atom. The topological polar surface area (TPSA) is 53.0 Å². The minimum atomic E-state index is 0.285. The third-order valence-corrected chi connectivity index (χ3v) is 3.18. The van der Waals surface area contributed by atoms with E-state index < -0.39 is 0 Å². The Kier molecular flexibility index (Phi) is 3.00. The van der Waals surface area contributed by atoms with Gasteiger partial charge in [-0.3, -0.25) is 0 Å². The molecule has 0 saturated carbocycles. The second kappa shape index (κ2) is 4.44. The Bertz CT molecular complexity index is 420. The second-order valence-electron chi connectivity index (χ2n) is 4.40. The van der Waals surface area contributed by atoms with Crippen LogP contribution in [0.25, 0.3) is 0 Å². The molecular weight excluding hydrogens is 198 g/mol. The highest BCUT2D eigenvalue weighted by molar-refractivity contribution is 5.61. The highest BCUT2D eigenvalue weighted by atomic mass is 15.2. The van der Waals surface area contributed by atoms with Gasteiger partial charge in [0.1, 0.15) is 0 Å². The number of nitrogen functional groups attached to an aromatic ring is 1. The smallest absolute Gasteiger partial charge is 0.0643 e. The van der Waals surface area contributed by atoms with Gasteiger partial charge in [0.2, 0.25) is 0 Å². The predicted molar refractivity (Wildman–Crippen MR) is 66.2 cm³/mol. The van der Waals surface area contributed by atoms with E-state index in [9.17, 15) is 0 Å². The van der Waals surface area contributed by atoms with Crippen molar-refractivity contribution < 1.29 is 0 Å². The van der Waals surface area contributed by atoms with E-state index in [0.29, 0.717) is 6.42 Å². The van der Waals surface area contributed by atoms with Crippen LogP contribution in [0.1, 0.15) is 25.3 Å². The Morgan fingerprint density at radius 3 is 3.12 bits per heavy atom. The molecule has 0 aromatic heterocycles. The van der Waals surface area contributed by atoms with Gasteiger partial charge >= 0.3 is 0 Å². The molecule has 1 aliphatic heterocycles. The van der Waals surface area contributed by atoms with Crippen molar-refractivity contribution in [2.45, 2.75) is 32.2 Å². The van der Waals surface area contributed by atoms with Crippen LogP contribution in [0, 0.1) is 11.3 Å². The molecule has 1 heterocycles. The summed E-state index contributed by atoms with van der Waals surface area (Å²) in [5.74, 6) is 0. The van der Waals surface area contributed by atoms with Gasteiger partial charge in [-0.15, -0.1) is 0 Å². The first-order valence-corrected chi connectivity index (χ1v) is 5.74. The highest BCUT2D eigenvalue weighted by Crippen LogP contribution is 2.30. The zero-order chi connectivity index (χ0) is 11.5. The molecule has 3 heteroatoms. The van der Waals surface area contributed by atoms with E-state index in [1.165, 1.54) is 11.3 Å². The van der Waals surface area contributed by atoms with E-state index in [0.717, 1.165) is 25.1 Å². The van der Waals surface area contributed by atoms with Crippen LogP contribution in [0.2, 0.25) is 0 Å². The zero-order valence-corrected chi connectivity index (χ0v) is 9.61. The number of hydrogen-bond donors (Lipinski definition) is 1. The fourth-order valence-corrected chi connectivity index (χ4v) is 2.35. The summed E-state index contributed by atoms with van der Waals surface area (Å²) in [5, 5.41) is 8.76. The van der Waals surface area contributed by atoms with E-state index >= 15 is 0 Å². The molecule has 1 aromatic rings. The first kappa shape index (κ1) is 10.8. The van der Waals surface area contributed by atoms with E-state index in [1.54, 1.807) is 0 Å². The van der Waals surface area contributed by atoms with Crippen LogP contribution >= 0.6 is 0 Å². The lowest BCUT2D eigenvalue weighted by Gasteiger charge is -2.35. The Labute approximate surface area is 96.5 Å². The third-order valence-electron chi connectivity index (χ3n) is 3.18. The molecular formula is C13H17N3. The van der Waals surface area contributed by atoms with Crippen LogP contribution in [0.5, 0.6) is 0 Å². The summed E-state index contributed by atoms with van der Waals surface area (Å²) in [6.07, 6.45) is 2.81. The van der Waals surface area contributed by atoms with Crippen LogP contribution in [0.3, 0.4) is 0 Å². The lowest BCUT2D eigenvalue weighted by atomic mass is 9.99. The quantitative estimate of drug-likeness (QED) is 0.770. The van der Waals surface area contributed by atoms with Crippen LogP contribution in [-0.2, 0) is 6.42 Å². The number of nitrogens with zero attached hydrogens (tertiary/aromatic N) is 2. The predicted octanol–water partition coefficient (Wildman–Crippen LogP) is 2.32. The summed E-state index contributed by atoms with van der Waals surface area (Å²) >= 11 is 0. The maximum atomic E-state index is 8.76. The van der Waals surface area contributed by atoms with E-state index in [4.69, 9.17) is 11.0 Å². The summed E-state index contributed by atoms with van der Waals surface area (Å²) in [6.45, 7) is 3.15. The normalized spacial score (nSPS) is 16.4. The molecule has 0 spiro atoms. The summed E-state index contributed by atoms with van der Waals surface area (Å²) in [6, 6.07) is 8.60. The molecule has 0 amide bonds. The monoisotopic (exact) mass is 215 g/mol. The van der Waals surface area contributed by atoms with E-state index in [2.05, 4.69) is 30.0 Å². The number of anilines is 2. The van der Waals surface area contributed by atoms with Gasteiger partial charge in [0, 0.05) is 24.0 Å². The summed E-state index contributed by atoms with van der Waals surface area (Å²) in [7, 11) is 0. The molecule has 16 heavy (non-hydrogen) atoms. The second-order valence-corrected chi connectivity index (χ2v) is 4.40. The maximum absolute atomic E-state index is 8.76. The Balaban J connectivity index is 2.30. The van der Waals surface area contributed by atoms with Gasteiger partial charge in [0.05, 0.1) is 12.5 Å². The number of rotatable bonds is 2. The van der Waals surface area contributed by atoms with Gasteiger partial charge in [0.15, 0.2) is 0 Å². The van der Waals surface area contributed by atoms with Crippen LogP contribution in [0.15, 0.2) is 18.2 Å². The third kappa shape index (κ3) is 1.96. The molecule has 1 atom stereocenters. The number of aryl methyl sites for hydroxylation is 1. The van der Waals surface area contributed by atoms with Gasteiger partial charge in [-0.2, -0.15) is 5.26 Å². The van der Waals surface area contributed by atoms with E-state index in [-0.39, 0.29) is 6.04 Å². The zero-order valence-electron chi connectivity index (χ0n) is 9.61. The van der Waals surface area contributed by atoms with Crippen molar-refractivity contribution in [1.82, 2.24) is 0 Å². The number of nitriles is 1. The molecule has 84 valence electrons. The Hall–Kier alpha value is -1.69. The van der Waals surface area contributed by atoms with Gasteiger partial charge in [-0.1, -0.05) is 0 Å². The summed E-state index contributed by atoms with van der Waals surface area (Å²) < 4.78 is 0. The molecule has 0 aliphatic carbocycles. The molecule has 2 N–H and O–H groups in total. The van der Waals surface area contributed by atoms with Crippen molar-refractivity contribution in [3.63, 3.8) is 0 Å². The molecule has 1 unspecified atom stereocenters. The lowest BCUT2D eigenvalue weighted by molar-refractivity contribution is 0.600. The highest BCUT2D eigenvalue weighted by Gasteiger charge is 2.20. The first-order valence-electron chi connectivity index (χ1n) is 5.74. The van der Waals surface area contributed by atoms with E-state index in [1.807, 2.05) is 6.07 Å². The average molecular weight is 215 g/mol. The van der Waals surface area contributed by atoms with Gasteiger partial charge in [0.25, 0.3) is 0 Å². The molecule has 0 radical (unpaired) electrons. The van der Waals surface area contributed by atoms with Crippen LogP contribution in [-0.4, -0.2) is 12.6 Å². The van der Waals surface area contributed by atoms with Crippen LogP contribution < -0.4 is 10.6 Å². The van der Waals surface area contributed by atoms with Crippen molar-refractivity contribution in [2.24, 2.45) is 0 Å². The van der Waals surface area contributed by atoms with Crippen LogP contribution in [0.4, 0.5) is 11.4 Å². The fraction of sp³-hybridized carbons (Fsp3) is 0.462. The van der Waals surface area contributed by atoms with Crippen molar-refractivity contribution in [1.29, 1.82) is 5.26 Å². The van der Waals surface area contributed by atoms with Gasteiger partial charge in [-0.05, 0) is 43.5 Å². The Morgan fingerprint density at radius 2 is 2.38 bits per heavy atom. The first-order chi connectivity index (χ1) is 7.72. The minimum Gasteiger partial charge on any atom is -0.399 e. The number of fused-ring (bicyclic) bond motifs is 1.